The van der Waals surface area contributed by atoms with Crippen molar-refractivity contribution >= 4 is 34.2 Å². The van der Waals surface area contributed by atoms with Gasteiger partial charge in [-0.25, -0.2) is 0 Å². The maximum absolute atomic E-state index is 13.0. The lowest BCUT2D eigenvalue weighted by molar-refractivity contribution is -0.137. The zero-order chi connectivity index (χ0) is 23.6. The first-order valence-electron chi connectivity index (χ1n) is 9.89. The number of hydrogen-bond acceptors (Lipinski definition) is 5. The molecule has 0 bridgehead atoms. The summed E-state index contributed by atoms with van der Waals surface area (Å²) in [6.45, 7) is 1.86. The van der Waals surface area contributed by atoms with Crippen LogP contribution in [-0.2, 0) is 6.18 Å². The van der Waals surface area contributed by atoms with Crippen molar-refractivity contribution in [2.75, 3.05) is 11.1 Å². The average Bonchev–Trinajstić information content (AvgIpc) is 3.17. The number of benzene rings is 3. The summed E-state index contributed by atoms with van der Waals surface area (Å²) in [6, 6.07) is 15.7. The SMILES string of the molecule is Cc1ccc2c(Nc3cccc(C(F)(F)F)c3)noc2c1C#C/C(N)=C/c1ccccc1N. The second kappa shape index (κ2) is 8.63. The van der Waals surface area contributed by atoms with Crippen molar-refractivity contribution in [1.82, 2.24) is 5.16 Å². The molecule has 0 saturated heterocycles. The van der Waals surface area contributed by atoms with Gasteiger partial charge in [-0.1, -0.05) is 41.4 Å². The smallest absolute Gasteiger partial charge is 0.398 e. The number of rotatable bonds is 3. The zero-order valence-corrected chi connectivity index (χ0v) is 17.5. The van der Waals surface area contributed by atoms with Crippen LogP contribution in [0.4, 0.5) is 30.4 Å². The van der Waals surface area contributed by atoms with Crippen molar-refractivity contribution in [3.63, 3.8) is 0 Å². The minimum atomic E-state index is -4.44. The van der Waals surface area contributed by atoms with Gasteiger partial charge in [-0.2, -0.15) is 13.2 Å². The van der Waals surface area contributed by atoms with E-state index in [4.69, 9.17) is 16.0 Å². The highest BCUT2D eigenvalue weighted by molar-refractivity contribution is 5.94. The number of hydrogen-bond donors (Lipinski definition) is 3. The maximum atomic E-state index is 13.0. The van der Waals surface area contributed by atoms with Crippen LogP contribution in [0, 0.1) is 18.8 Å². The van der Waals surface area contributed by atoms with Crippen LogP contribution < -0.4 is 16.8 Å². The number of alkyl halides is 3. The lowest BCUT2D eigenvalue weighted by Gasteiger charge is -2.09. The van der Waals surface area contributed by atoms with E-state index in [0.29, 0.717) is 27.9 Å². The third-order valence-electron chi connectivity index (χ3n) is 4.94. The van der Waals surface area contributed by atoms with Gasteiger partial charge in [-0.3, -0.25) is 0 Å². The summed E-state index contributed by atoms with van der Waals surface area (Å²) in [5.41, 5.74) is 14.9. The van der Waals surface area contributed by atoms with Gasteiger partial charge in [0, 0.05) is 16.9 Å². The van der Waals surface area contributed by atoms with Gasteiger partial charge in [0.1, 0.15) is 0 Å². The standard InChI is InChI=1S/C25H19F3N4O/c1-15-9-11-21-23(20(15)12-10-18(29)13-16-5-2-3-8-22(16)30)33-32-24(21)31-19-7-4-6-17(14-19)25(26,27)28/h2-9,11,13-14H,29-30H2,1H3,(H,31,32)/b18-13-. The Kier molecular flexibility index (Phi) is 5.71. The zero-order valence-electron chi connectivity index (χ0n) is 17.5. The molecule has 0 radical (unpaired) electrons. The number of nitrogen functional groups attached to an aromatic ring is 1. The molecule has 8 heteroatoms. The van der Waals surface area contributed by atoms with E-state index in [2.05, 4.69) is 22.3 Å². The molecule has 0 aliphatic carbocycles. The van der Waals surface area contributed by atoms with Crippen molar-refractivity contribution in [1.29, 1.82) is 0 Å². The Bertz CT molecular complexity index is 1430. The first-order chi connectivity index (χ1) is 15.7. The summed E-state index contributed by atoms with van der Waals surface area (Å²) in [7, 11) is 0. The fourth-order valence-electron chi connectivity index (χ4n) is 3.24. The van der Waals surface area contributed by atoms with Crippen molar-refractivity contribution in [3.8, 4) is 11.8 Å². The Labute approximate surface area is 187 Å². The van der Waals surface area contributed by atoms with Crippen LogP contribution in [0.25, 0.3) is 17.0 Å². The van der Waals surface area contributed by atoms with E-state index in [9.17, 15) is 13.2 Å². The van der Waals surface area contributed by atoms with Gasteiger partial charge in [0.05, 0.1) is 22.2 Å². The number of nitrogens with two attached hydrogens (primary N) is 2. The summed E-state index contributed by atoms with van der Waals surface area (Å²) in [4.78, 5) is 0. The van der Waals surface area contributed by atoms with Gasteiger partial charge in [0.2, 0.25) is 0 Å². The number of anilines is 3. The number of fused-ring (bicyclic) bond motifs is 1. The average molecular weight is 448 g/mol. The molecular formula is C25H19F3N4O. The van der Waals surface area contributed by atoms with E-state index < -0.39 is 11.7 Å². The quantitative estimate of drug-likeness (QED) is 0.271. The van der Waals surface area contributed by atoms with Gasteiger partial charge in [0.15, 0.2) is 11.4 Å². The molecule has 0 amide bonds. The molecule has 3 aromatic carbocycles. The second-order valence-electron chi connectivity index (χ2n) is 7.35. The molecule has 5 N–H and O–H groups in total. The van der Waals surface area contributed by atoms with Crippen molar-refractivity contribution in [3.05, 3.63) is 88.6 Å². The number of nitrogens with one attached hydrogen (secondary N) is 1. The molecule has 0 unspecified atom stereocenters. The first kappa shape index (κ1) is 21.8. The number of halogens is 3. The van der Waals surface area contributed by atoms with Crippen molar-refractivity contribution in [2.24, 2.45) is 5.73 Å². The van der Waals surface area contributed by atoms with E-state index >= 15 is 0 Å². The molecule has 33 heavy (non-hydrogen) atoms. The Morgan fingerprint density at radius 3 is 2.64 bits per heavy atom. The van der Waals surface area contributed by atoms with Crippen molar-refractivity contribution < 1.29 is 17.7 Å². The number of allylic oxidation sites excluding steroid dienone is 1. The highest BCUT2D eigenvalue weighted by Gasteiger charge is 2.30. The molecular weight excluding hydrogens is 429 g/mol. The Balaban J connectivity index is 1.67. The molecule has 4 aromatic rings. The molecule has 1 aromatic heterocycles. The Hall–Kier alpha value is -4.38. The Morgan fingerprint density at radius 1 is 1.09 bits per heavy atom. The molecule has 0 aliphatic heterocycles. The van der Waals surface area contributed by atoms with Crippen LogP contribution in [0.3, 0.4) is 0 Å². The van der Waals surface area contributed by atoms with Crippen LogP contribution >= 0.6 is 0 Å². The van der Waals surface area contributed by atoms with E-state index in [1.54, 1.807) is 18.2 Å². The Morgan fingerprint density at radius 2 is 1.88 bits per heavy atom. The van der Waals surface area contributed by atoms with Crippen LogP contribution in [0.1, 0.15) is 22.3 Å². The van der Waals surface area contributed by atoms with Gasteiger partial charge in [0.25, 0.3) is 0 Å². The minimum Gasteiger partial charge on any atom is -0.398 e. The van der Waals surface area contributed by atoms with Crippen molar-refractivity contribution in [2.45, 2.75) is 13.1 Å². The fraction of sp³-hybridized carbons (Fsp3) is 0.0800. The maximum Gasteiger partial charge on any atom is 0.416 e. The number of para-hydroxylation sites is 1. The molecule has 0 spiro atoms. The first-order valence-corrected chi connectivity index (χ1v) is 9.89. The number of nitrogens with zero attached hydrogens (tertiary/aromatic N) is 1. The van der Waals surface area contributed by atoms with Crippen LogP contribution in [0.2, 0.25) is 0 Å². The predicted octanol–water partition coefficient (Wildman–Crippen LogP) is 5.83. The monoisotopic (exact) mass is 448 g/mol. The van der Waals surface area contributed by atoms with Gasteiger partial charge in [-0.15, -0.1) is 0 Å². The highest BCUT2D eigenvalue weighted by Crippen LogP contribution is 2.33. The van der Waals surface area contributed by atoms with E-state index in [1.165, 1.54) is 12.1 Å². The summed E-state index contributed by atoms with van der Waals surface area (Å²) in [6.07, 6.45) is -2.76. The molecule has 5 nitrogen and oxygen atoms in total. The normalized spacial score (nSPS) is 11.8. The second-order valence-corrected chi connectivity index (χ2v) is 7.35. The third-order valence-corrected chi connectivity index (χ3v) is 4.94. The minimum absolute atomic E-state index is 0.237. The van der Waals surface area contributed by atoms with Gasteiger partial charge >= 0.3 is 6.18 Å². The molecule has 0 fully saturated rings. The van der Waals surface area contributed by atoms with Crippen LogP contribution in [0.5, 0.6) is 0 Å². The van der Waals surface area contributed by atoms with E-state index in [-0.39, 0.29) is 11.5 Å². The molecule has 0 saturated carbocycles. The van der Waals surface area contributed by atoms with Gasteiger partial charge < -0.3 is 21.3 Å². The van der Waals surface area contributed by atoms with Gasteiger partial charge in [-0.05, 0) is 54.8 Å². The summed E-state index contributed by atoms with van der Waals surface area (Å²) in [5, 5.41) is 7.46. The fourth-order valence-corrected chi connectivity index (χ4v) is 3.24. The third kappa shape index (κ3) is 4.77. The number of aromatic nitrogens is 1. The summed E-state index contributed by atoms with van der Waals surface area (Å²) >= 11 is 0. The molecule has 0 atom stereocenters. The van der Waals surface area contributed by atoms with E-state index in [0.717, 1.165) is 23.3 Å². The lowest BCUT2D eigenvalue weighted by Crippen LogP contribution is -2.05. The highest BCUT2D eigenvalue weighted by atomic mass is 19.4. The number of aryl methyl sites for hydroxylation is 1. The molecule has 4 rings (SSSR count). The molecule has 1 heterocycles. The van der Waals surface area contributed by atoms with Crippen LogP contribution in [0.15, 0.2) is 70.9 Å². The molecule has 166 valence electrons. The molecule has 0 aliphatic rings. The predicted molar refractivity (Wildman–Crippen MR) is 123 cm³/mol. The lowest BCUT2D eigenvalue weighted by atomic mass is 10.1. The van der Waals surface area contributed by atoms with Crippen LogP contribution in [-0.4, -0.2) is 5.16 Å². The largest absolute Gasteiger partial charge is 0.416 e. The van der Waals surface area contributed by atoms with E-state index in [1.807, 2.05) is 31.2 Å². The summed E-state index contributed by atoms with van der Waals surface area (Å²) in [5.74, 6) is 6.18. The summed E-state index contributed by atoms with van der Waals surface area (Å²) < 4.78 is 44.5. The topological polar surface area (TPSA) is 90.1 Å².